The molecule has 0 saturated heterocycles. The van der Waals surface area contributed by atoms with E-state index in [1.807, 2.05) is 46.8 Å². The summed E-state index contributed by atoms with van der Waals surface area (Å²) in [6.45, 7) is 11.0. The van der Waals surface area contributed by atoms with Gasteiger partial charge >= 0.3 is 5.97 Å². The van der Waals surface area contributed by atoms with E-state index in [1.165, 1.54) is 11.8 Å². The van der Waals surface area contributed by atoms with Crippen LogP contribution in [0.15, 0.2) is 33.7 Å². The minimum Gasteiger partial charge on any atom is -0.449 e. The van der Waals surface area contributed by atoms with Gasteiger partial charge in [0.25, 0.3) is 5.91 Å². The number of esters is 1. The predicted molar refractivity (Wildman–Crippen MR) is 105 cm³/mol. The molecule has 1 unspecified atom stereocenters. The van der Waals surface area contributed by atoms with Gasteiger partial charge in [0.1, 0.15) is 5.76 Å². The van der Waals surface area contributed by atoms with Crippen molar-refractivity contribution in [1.29, 1.82) is 0 Å². The molecule has 0 aliphatic heterocycles. The second-order valence-electron chi connectivity index (χ2n) is 7.37. The molecule has 27 heavy (non-hydrogen) atoms. The summed E-state index contributed by atoms with van der Waals surface area (Å²) in [5, 5.41) is 6.76. The number of carbonyl (C=O) groups excluding carboxylic acids is 2. The van der Waals surface area contributed by atoms with Crippen molar-refractivity contribution in [2.75, 3.05) is 0 Å². The van der Waals surface area contributed by atoms with Crippen molar-refractivity contribution >= 4 is 23.6 Å². The van der Waals surface area contributed by atoms with Gasteiger partial charge < -0.3 is 14.6 Å². The molecule has 0 saturated carbocycles. The van der Waals surface area contributed by atoms with E-state index in [2.05, 4.69) is 10.5 Å². The van der Waals surface area contributed by atoms with Crippen molar-refractivity contribution in [2.24, 2.45) is 0 Å². The number of aryl methyl sites for hydroxylation is 2. The first-order chi connectivity index (χ1) is 12.6. The molecule has 7 heteroatoms. The lowest BCUT2D eigenvalue weighted by atomic mass is 10.1. The van der Waals surface area contributed by atoms with Gasteiger partial charge in [-0.3, -0.25) is 4.79 Å². The lowest BCUT2D eigenvalue weighted by Crippen LogP contribution is -2.46. The highest BCUT2D eigenvalue weighted by molar-refractivity contribution is 7.98. The Hall–Kier alpha value is -2.28. The lowest BCUT2D eigenvalue weighted by molar-refractivity contribution is -0.130. The molecule has 2 rings (SSSR count). The number of ether oxygens (including phenoxy) is 1. The molecule has 146 valence electrons. The van der Waals surface area contributed by atoms with E-state index in [0.717, 1.165) is 21.9 Å². The second kappa shape index (κ2) is 8.61. The molecule has 1 atom stereocenters. The molecular formula is C20H26N2O4S. The van der Waals surface area contributed by atoms with Gasteiger partial charge in [0.2, 0.25) is 0 Å². The fourth-order valence-corrected chi connectivity index (χ4v) is 3.56. The SMILES string of the molecule is Cc1noc(C)c1CSc1ccccc1C(=O)OC(C)C(=O)NC(C)(C)C. The van der Waals surface area contributed by atoms with Crippen LogP contribution in [-0.4, -0.2) is 28.7 Å². The molecule has 0 spiro atoms. The zero-order valence-corrected chi connectivity index (χ0v) is 17.4. The monoisotopic (exact) mass is 390 g/mol. The Bertz CT molecular complexity index is 804. The summed E-state index contributed by atoms with van der Waals surface area (Å²) in [7, 11) is 0. The molecule has 1 N–H and O–H groups in total. The van der Waals surface area contributed by atoms with E-state index < -0.39 is 12.1 Å². The van der Waals surface area contributed by atoms with Crippen molar-refractivity contribution in [3.63, 3.8) is 0 Å². The van der Waals surface area contributed by atoms with E-state index in [0.29, 0.717) is 11.3 Å². The smallest absolute Gasteiger partial charge is 0.340 e. The maximum atomic E-state index is 12.6. The van der Waals surface area contributed by atoms with Gasteiger partial charge in [0, 0.05) is 21.8 Å². The number of carbonyl (C=O) groups is 2. The second-order valence-corrected chi connectivity index (χ2v) is 8.39. The Balaban J connectivity index is 2.08. The Kier molecular flexibility index (Phi) is 6.70. The van der Waals surface area contributed by atoms with Crippen LogP contribution in [0, 0.1) is 13.8 Å². The predicted octanol–water partition coefficient (Wildman–Crippen LogP) is 4.04. The number of thioether (sulfide) groups is 1. The Morgan fingerprint density at radius 1 is 1.26 bits per heavy atom. The van der Waals surface area contributed by atoms with Crippen LogP contribution < -0.4 is 5.32 Å². The number of nitrogens with one attached hydrogen (secondary N) is 1. The molecular weight excluding hydrogens is 364 g/mol. The first-order valence-electron chi connectivity index (χ1n) is 8.75. The number of hydrogen-bond donors (Lipinski definition) is 1. The molecule has 0 bridgehead atoms. The lowest BCUT2D eigenvalue weighted by Gasteiger charge is -2.23. The molecule has 1 heterocycles. The quantitative estimate of drug-likeness (QED) is 0.592. The third-order valence-corrected chi connectivity index (χ3v) is 4.91. The van der Waals surface area contributed by atoms with E-state index in [9.17, 15) is 9.59 Å². The number of nitrogens with zero attached hydrogens (tertiary/aromatic N) is 1. The maximum Gasteiger partial charge on any atom is 0.340 e. The number of hydrogen-bond acceptors (Lipinski definition) is 6. The average Bonchev–Trinajstić information content (AvgIpc) is 2.90. The topological polar surface area (TPSA) is 81.4 Å². The summed E-state index contributed by atoms with van der Waals surface area (Å²) >= 11 is 1.51. The zero-order valence-electron chi connectivity index (χ0n) is 16.6. The number of amides is 1. The van der Waals surface area contributed by atoms with E-state index in [-0.39, 0.29) is 11.4 Å². The van der Waals surface area contributed by atoms with Crippen LogP contribution in [0.25, 0.3) is 0 Å². The van der Waals surface area contributed by atoms with E-state index in [1.54, 1.807) is 19.1 Å². The van der Waals surface area contributed by atoms with Gasteiger partial charge in [0.15, 0.2) is 6.10 Å². The third-order valence-electron chi connectivity index (χ3n) is 3.81. The van der Waals surface area contributed by atoms with Crippen LogP contribution >= 0.6 is 11.8 Å². The van der Waals surface area contributed by atoms with Crippen LogP contribution in [-0.2, 0) is 15.3 Å². The summed E-state index contributed by atoms with van der Waals surface area (Å²) in [6.07, 6.45) is -0.877. The van der Waals surface area contributed by atoms with Crippen LogP contribution in [0.1, 0.15) is 55.1 Å². The first kappa shape index (κ1) is 21.0. The van der Waals surface area contributed by atoms with Gasteiger partial charge in [-0.1, -0.05) is 17.3 Å². The normalized spacial score (nSPS) is 12.5. The highest BCUT2D eigenvalue weighted by Gasteiger charge is 2.24. The van der Waals surface area contributed by atoms with Gasteiger partial charge in [0.05, 0.1) is 11.3 Å². The van der Waals surface area contributed by atoms with Crippen LogP contribution in [0.4, 0.5) is 0 Å². The molecule has 0 aliphatic rings. The standard InChI is InChI=1S/C20H26N2O4S/c1-12-16(13(2)26-22-12)11-27-17-10-8-7-9-15(17)19(24)25-14(3)18(23)21-20(4,5)6/h7-10,14H,11H2,1-6H3,(H,21,23). The first-order valence-corrected chi connectivity index (χ1v) is 9.73. The average molecular weight is 391 g/mol. The van der Waals surface area contributed by atoms with Gasteiger partial charge in [-0.05, 0) is 53.7 Å². The molecule has 1 aromatic heterocycles. The molecule has 0 radical (unpaired) electrons. The largest absolute Gasteiger partial charge is 0.449 e. The summed E-state index contributed by atoms with van der Waals surface area (Å²) in [6, 6.07) is 7.20. The summed E-state index contributed by atoms with van der Waals surface area (Å²) in [5.41, 5.74) is 1.90. The minimum atomic E-state index is -0.877. The number of aromatic nitrogens is 1. The molecule has 1 aromatic carbocycles. The van der Waals surface area contributed by atoms with Crippen LogP contribution in [0.2, 0.25) is 0 Å². The molecule has 0 aliphatic carbocycles. The molecule has 6 nitrogen and oxygen atoms in total. The molecule has 2 aromatic rings. The van der Waals surface area contributed by atoms with Crippen molar-refractivity contribution in [2.45, 2.75) is 63.8 Å². The van der Waals surface area contributed by atoms with Gasteiger partial charge in [-0.25, -0.2) is 4.79 Å². The Morgan fingerprint density at radius 2 is 1.93 bits per heavy atom. The van der Waals surface area contributed by atoms with Crippen molar-refractivity contribution < 1.29 is 18.8 Å². The summed E-state index contributed by atoms with van der Waals surface area (Å²) in [4.78, 5) is 25.5. The van der Waals surface area contributed by atoms with Gasteiger partial charge in [-0.2, -0.15) is 0 Å². The van der Waals surface area contributed by atoms with Crippen LogP contribution in [0.3, 0.4) is 0 Å². The van der Waals surface area contributed by atoms with E-state index in [4.69, 9.17) is 9.26 Å². The highest BCUT2D eigenvalue weighted by atomic mass is 32.2. The zero-order chi connectivity index (χ0) is 20.2. The highest BCUT2D eigenvalue weighted by Crippen LogP contribution is 2.29. The fraction of sp³-hybridized carbons (Fsp3) is 0.450. The Morgan fingerprint density at radius 3 is 2.52 bits per heavy atom. The summed E-state index contributed by atoms with van der Waals surface area (Å²) in [5.74, 6) is 0.559. The third kappa shape index (κ3) is 5.85. The maximum absolute atomic E-state index is 12.6. The van der Waals surface area contributed by atoms with Crippen molar-refractivity contribution in [3.05, 3.63) is 46.8 Å². The minimum absolute atomic E-state index is 0.322. The van der Waals surface area contributed by atoms with Crippen molar-refractivity contribution in [3.8, 4) is 0 Å². The van der Waals surface area contributed by atoms with Crippen molar-refractivity contribution in [1.82, 2.24) is 10.5 Å². The van der Waals surface area contributed by atoms with Crippen LogP contribution in [0.5, 0.6) is 0 Å². The summed E-state index contributed by atoms with van der Waals surface area (Å²) < 4.78 is 10.6. The fourth-order valence-electron chi connectivity index (χ4n) is 2.37. The number of rotatable bonds is 6. The number of benzene rings is 1. The van der Waals surface area contributed by atoms with Gasteiger partial charge in [-0.15, -0.1) is 11.8 Å². The van der Waals surface area contributed by atoms with E-state index >= 15 is 0 Å². The molecule has 0 fully saturated rings. The Labute approximate surface area is 164 Å². The molecule has 1 amide bonds.